The van der Waals surface area contributed by atoms with E-state index in [4.69, 9.17) is 0 Å². The van der Waals surface area contributed by atoms with E-state index in [1.54, 1.807) is 0 Å². The molecule has 1 aromatic carbocycles. The number of carbonyl (C=O) groups excluding carboxylic acids is 1. The van der Waals surface area contributed by atoms with Gasteiger partial charge in [0, 0.05) is 24.3 Å². The lowest BCUT2D eigenvalue weighted by Crippen LogP contribution is -2.74. The Bertz CT molecular complexity index is 1330. The summed E-state index contributed by atoms with van der Waals surface area (Å²) < 4.78 is 254. The second-order valence-corrected chi connectivity index (χ2v) is 10.3. The average molecular weight is 724 g/mol. The molecule has 1 amide bonds. The zero-order chi connectivity index (χ0) is 35.2. The molecule has 0 aliphatic rings. The summed E-state index contributed by atoms with van der Waals surface area (Å²) in [7, 11) is -5.30. The van der Waals surface area contributed by atoms with Crippen molar-refractivity contribution >= 4 is 33.0 Å². The fourth-order valence-corrected chi connectivity index (χ4v) is 4.22. The van der Waals surface area contributed by atoms with Crippen molar-refractivity contribution < 1.29 is 97.0 Å². The third kappa shape index (κ3) is 6.80. The first kappa shape index (κ1) is 39.0. The highest BCUT2D eigenvalue weighted by Crippen LogP contribution is 2.64. The number of non-ortho nitro benzene ring substituents is 1. The van der Waals surface area contributed by atoms with Crippen molar-refractivity contribution in [2.24, 2.45) is 0 Å². The number of nitrogens with zero attached hydrogens (tertiary/aromatic N) is 1. The van der Waals surface area contributed by atoms with Gasteiger partial charge in [-0.1, -0.05) is 11.8 Å². The van der Waals surface area contributed by atoms with Crippen LogP contribution in [0.25, 0.3) is 0 Å². The molecule has 1 rings (SSSR count). The van der Waals surface area contributed by atoms with Crippen molar-refractivity contribution in [3.63, 3.8) is 0 Å². The predicted molar refractivity (Wildman–Crippen MR) is 109 cm³/mol. The van der Waals surface area contributed by atoms with Gasteiger partial charge in [0.15, 0.2) is 0 Å². The Morgan fingerprint density at radius 2 is 1.11 bits per heavy atom. The van der Waals surface area contributed by atoms with Crippen molar-refractivity contribution in [2.75, 3.05) is 5.75 Å². The van der Waals surface area contributed by atoms with Crippen molar-refractivity contribution in [1.29, 1.82) is 0 Å². The van der Waals surface area contributed by atoms with Gasteiger partial charge in [-0.25, -0.2) is 4.72 Å². The molecule has 0 fully saturated rings. The Morgan fingerprint density at radius 3 is 1.50 bits per heavy atom. The van der Waals surface area contributed by atoms with Gasteiger partial charge in [0.2, 0.25) is 0 Å². The molecule has 0 heterocycles. The minimum Gasteiger partial charge on any atom is -0.367 e. The fraction of sp³-hybridized carbons (Fsp3) is 0.588. The first-order valence-corrected chi connectivity index (χ1v) is 12.5. The van der Waals surface area contributed by atoms with Gasteiger partial charge in [0.05, 0.1) is 4.92 Å². The van der Waals surface area contributed by atoms with Gasteiger partial charge < -0.3 is 4.18 Å². The molecule has 254 valence electrons. The highest BCUT2D eigenvalue weighted by molar-refractivity contribution is 8.14. The first-order chi connectivity index (χ1) is 19.2. The van der Waals surface area contributed by atoms with Gasteiger partial charge in [-0.05, 0) is 12.1 Å². The average Bonchev–Trinajstić information content (AvgIpc) is 2.82. The molecule has 0 saturated carbocycles. The standard InChI is InChI=1S/C17H9F17N2O6S2/c18-10(19,5-6-43-9(37)35-44(40,41)42-8-3-1-7(2-4-8)36(38)39)11(20,21)12(22,23)13(24,25)14(26,27)15(28,29)16(30,31)17(32,33)34/h1-4H,5-6H2,(H,35,37). The second kappa shape index (κ2) is 11.7. The number of amides is 1. The Morgan fingerprint density at radius 1 is 0.727 bits per heavy atom. The molecule has 0 saturated heterocycles. The minimum atomic E-state index is -8.78. The van der Waals surface area contributed by atoms with Crippen LogP contribution in [-0.4, -0.2) is 72.0 Å². The molecule has 0 spiro atoms. The van der Waals surface area contributed by atoms with Crippen LogP contribution in [-0.2, 0) is 10.3 Å². The lowest BCUT2D eigenvalue weighted by atomic mass is 9.88. The summed E-state index contributed by atoms with van der Waals surface area (Å²) in [5, 5.41) is 8.45. The van der Waals surface area contributed by atoms with Gasteiger partial charge in [0.25, 0.3) is 10.9 Å². The number of nitrogens with one attached hydrogen (secondary N) is 1. The number of thioether (sulfide) groups is 1. The quantitative estimate of drug-likeness (QED) is 0.132. The van der Waals surface area contributed by atoms with Gasteiger partial charge in [-0.3, -0.25) is 14.9 Å². The van der Waals surface area contributed by atoms with Crippen molar-refractivity contribution in [3.8, 4) is 5.75 Å². The topological polar surface area (TPSA) is 116 Å². The summed E-state index contributed by atoms with van der Waals surface area (Å²) in [4.78, 5) is 21.1. The lowest BCUT2D eigenvalue weighted by molar-refractivity contribution is -0.461. The molecule has 0 aliphatic heterocycles. The molecule has 0 radical (unpaired) electrons. The van der Waals surface area contributed by atoms with Gasteiger partial charge in [0.1, 0.15) is 5.75 Å². The Hall–Kier alpha value is -3.00. The van der Waals surface area contributed by atoms with Crippen molar-refractivity contribution in [1.82, 2.24) is 4.72 Å². The molecular weight excluding hydrogens is 715 g/mol. The second-order valence-electron chi connectivity index (χ2n) is 7.93. The molecule has 8 nitrogen and oxygen atoms in total. The number of hydrogen-bond acceptors (Lipinski definition) is 7. The van der Waals surface area contributed by atoms with Crippen molar-refractivity contribution in [3.05, 3.63) is 34.4 Å². The van der Waals surface area contributed by atoms with E-state index < -0.39 is 103 Å². The maximum Gasteiger partial charge on any atom is 0.460 e. The molecule has 0 bridgehead atoms. The van der Waals surface area contributed by atoms with Gasteiger partial charge in [-0.2, -0.15) is 83.1 Å². The van der Waals surface area contributed by atoms with E-state index in [1.165, 1.54) is 0 Å². The fourth-order valence-electron chi connectivity index (χ4n) is 2.53. The molecule has 27 heteroatoms. The van der Waals surface area contributed by atoms with Crippen LogP contribution in [0, 0.1) is 10.1 Å². The molecule has 0 aromatic heterocycles. The first-order valence-electron chi connectivity index (χ1n) is 10.1. The summed E-state index contributed by atoms with van der Waals surface area (Å²) in [5.41, 5.74) is -0.591. The maximum atomic E-state index is 13.8. The number of nitro groups is 1. The number of nitro benzene ring substituents is 1. The van der Waals surface area contributed by atoms with E-state index in [0.29, 0.717) is 24.3 Å². The van der Waals surface area contributed by atoms with Gasteiger partial charge in [-0.15, -0.1) is 0 Å². The minimum absolute atomic E-state index is 0.591. The molecule has 1 N–H and O–H groups in total. The van der Waals surface area contributed by atoms with Crippen LogP contribution < -0.4 is 8.91 Å². The van der Waals surface area contributed by atoms with Gasteiger partial charge >= 0.3 is 57.9 Å². The Labute approximate surface area is 235 Å². The lowest BCUT2D eigenvalue weighted by Gasteiger charge is -2.42. The predicted octanol–water partition coefficient (Wildman–Crippen LogP) is 7.06. The van der Waals surface area contributed by atoms with E-state index in [9.17, 15) is 98.0 Å². The number of hydrogen-bond donors (Lipinski definition) is 1. The number of carbonyl (C=O) groups is 1. The van der Waals surface area contributed by atoms with E-state index >= 15 is 0 Å². The molecule has 44 heavy (non-hydrogen) atoms. The normalized spacial score (nSPS) is 14.8. The maximum absolute atomic E-state index is 13.8. The molecule has 0 atom stereocenters. The third-order valence-corrected chi connectivity index (χ3v) is 6.65. The summed E-state index contributed by atoms with van der Waals surface area (Å²) in [6.07, 6.45) is -10.9. The van der Waals surface area contributed by atoms with Crippen LogP contribution in [0.15, 0.2) is 24.3 Å². The highest BCUT2D eigenvalue weighted by Gasteiger charge is 2.95. The number of halogens is 17. The van der Waals surface area contributed by atoms with Crippen LogP contribution in [0.3, 0.4) is 0 Å². The Balaban J connectivity index is 3.11. The third-order valence-electron chi connectivity index (χ3n) is 4.90. The van der Waals surface area contributed by atoms with Crippen LogP contribution in [0.1, 0.15) is 6.42 Å². The van der Waals surface area contributed by atoms with Crippen LogP contribution >= 0.6 is 11.8 Å². The molecule has 0 unspecified atom stereocenters. The molecule has 1 aromatic rings. The van der Waals surface area contributed by atoms with Crippen LogP contribution in [0.5, 0.6) is 5.75 Å². The monoisotopic (exact) mass is 724 g/mol. The van der Waals surface area contributed by atoms with Crippen LogP contribution in [0.4, 0.5) is 85.1 Å². The molecular formula is C17H9F17N2O6S2. The Kier molecular flexibility index (Phi) is 10.4. The summed E-state index contributed by atoms with van der Waals surface area (Å²) >= 11 is -0.839. The SMILES string of the molecule is O=C(NS(=O)(=O)Oc1ccc([N+](=O)[O-])cc1)SCCC(F)(F)C(F)(F)C(F)(F)C(F)(F)C(F)(F)C(F)(F)C(F)(F)C(F)(F)F. The highest BCUT2D eigenvalue weighted by atomic mass is 32.2. The molecule has 0 aliphatic carbocycles. The number of alkyl halides is 17. The zero-order valence-electron chi connectivity index (χ0n) is 19.9. The summed E-state index contributed by atoms with van der Waals surface area (Å²) in [6.45, 7) is 0. The summed E-state index contributed by atoms with van der Waals surface area (Å²) in [6, 6.07) is 2.66. The summed E-state index contributed by atoms with van der Waals surface area (Å²) in [5.74, 6) is -60.4. The smallest absolute Gasteiger partial charge is 0.367 e. The number of rotatable bonds is 13. The van der Waals surface area contributed by atoms with Crippen molar-refractivity contribution in [2.45, 2.75) is 54.1 Å². The van der Waals surface area contributed by atoms with E-state index in [0.717, 1.165) is 4.72 Å². The largest absolute Gasteiger partial charge is 0.460 e. The van der Waals surface area contributed by atoms with Crippen LogP contribution in [0.2, 0.25) is 0 Å². The van der Waals surface area contributed by atoms with E-state index in [1.807, 2.05) is 0 Å². The van der Waals surface area contributed by atoms with E-state index in [-0.39, 0.29) is 0 Å². The number of benzene rings is 1. The van der Waals surface area contributed by atoms with E-state index in [2.05, 4.69) is 4.18 Å². The zero-order valence-corrected chi connectivity index (χ0v) is 21.5.